The summed E-state index contributed by atoms with van der Waals surface area (Å²) in [4.78, 5) is 31.7. The number of anilines is 1. The summed E-state index contributed by atoms with van der Waals surface area (Å²) in [6.45, 7) is 2.07. The molecule has 0 bridgehead atoms. The zero-order valence-electron chi connectivity index (χ0n) is 21.5. The number of fused-ring (bicyclic) bond motifs is 1. The average molecular weight is 557 g/mol. The fourth-order valence-corrected chi connectivity index (χ4v) is 4.30. The number of guanidine groups is 1. The predicted molar refractivity (Wildman–Crippen MR) is 140 cm³/mol. The van der Waals surface area contributed by atoms with Gasteiger partial charge in [-0.2, -0.15) is 5.26 Å². The molecule has 1 aromatic heterocycles. The smallest absolute Gasteiger partial charge is 0.461 e. The van der Waals surface area contributed by atoms with E-state index in [1.54, 1.807) is 12.1 Å². The molecule has 2 amide bonds. The summed E-state index contributed by atoms with van der Waals surface area (Å²) in [5, 5.41) is 18.3. The van der Waals surface area contributed by atoms with Crippen LogP contribution in [0.3, 0.4) is 0 Å². The van der Waals surface area contributed by atoms with Crippen LogP contribution in [0.2, 0.25) is 0 Å². The summed E-state index contributed by atoms with van der Waals surface area (Å²) < 4.78 is 46.4. The number of amides is 2. The van der Waals surface area contributed by atoms with Gasteiger partial charge in [0.2, 0.25) is 17.8 Å². The summed E-state index contributed by atoms with van der Waals surface area (Å²) in [6.07, 6.45) is -1.14. The molecule has 13 heteroatoms. The lowest BCUT2D eigenvalue weighted by atomic mass is 10.1. The highest BCUT2D eigenvalue weighted by atomic mass is 19.4. The first-order valence-electron chi connectivity index (χ1n) is 12.5. The van der Waals surface area contributed by atoms with E-state index in [-0.39, 0.29) is 30.7 Å². The number of halogens is 3. The van der Waals surface area contributed by atoms with E-state index in [2.05, 4.69) is 25.7 Å². The molecule has 1 aliphatic rings. The van der Waals surface area contributed by atoms with Gasteiger partial charge >= 0.3 is 6.36 Å². The van der Waals surface area contributed by atoms with Crippen LogP contribution < -0.4 is 20.7 Å². The van der Waals surface area contributed by atoms with E-state index >= 15 is 0 Å². The highest BCUT2D eigenvalue weighted by molar-refractivity contribution is 5.98. The Morgan fingerprint density at radius 3 is 2.70 bits per heavy atom. The molecule has 3 aromatic rings. The van der Waals surface area contributed by atoms with Gasteiger partial charge in [0.05, 0.1) is 6.54 Å². The number of nitriles is 1. The first-order valence-corrected chi connectivity index (χ1v) is 12.5. The largest absolute Gasteiger partial charge is 0.573 e. The third-order valence-electron chi connectivity index (χ3n) is 6.09. The maximum absolute atomic E-state index is 13.3. The molecule has 210 valence electrons. The number of alkyl halides is 3. The zero-order valence-corrected chi connectivity index (χ0v) is 21.5. The summed E-state index contributed by atoms with van der Waals surface area (Å²) >= 11 is 0. The number of hydrogen-bond donors (Lipinski definition) is 3. The molecular weight excluding hydrogens is 529 g/mol. The second-order valence-electron chi connectivity index (χ2n) is 9.19. The summed E-state index contributed by atoms with van der Waals surface area (Å²) in [5.41, 5.74) is 1.93. The molecule has 10 nitrogen and oxygen atoms in total. The molecule has 1 aliphatic heterocycles. The number of likely N-dealkylation sites (tertiary alicyclic amines) is 1. The molecule has 1 fully saturated rings. The number of furan rings is 1. The minimum Gasteiger partial charge on any atom is -0.461 e. The maximum Gasteiger partial charge on any atom is 0.573 e. The van der Waals surface area contributed by atoms with Gasteiger partial charge in [0, 0.05) is 24.2 Å². The van der Waals surface area contributed by atoms with Crippen molar-refractivity contribution in [3.05, 3.63) is 59.9 Å². The predicted octanol–water partition coefficient (Wildman–Crippen LogP) is 4.18. The zero-order chi connectivity index (χ0) is 28.7. The van der Waals surface area contributed by atoms with E-state index in [1.807, 2.05) is 25.2 Å². The lowest BCUT2D eigenvalue weighted by Gasteiger charge is -2.22. The van der Waals surface area contributed by atoms with Gasteiger partial charge in [-0.25, -0.2) is 4.99 Å². The minimum absolute atomic E-state index is 0.0649. The lowest BCUT2D eigenvalue weighted by Crippen LogP contribution is -2.44. The normalized spacial score (nSPS) is 16.3. The molecular formula is C27H27F3N6O4. The molecule has 0 radical (unpaired) electrons. The summed E-state index contributed by atoms with van der Waals surface area (Å²) in [6, 6.07) is 11.6. The Labute approximate surface area is 227 Å². The Balaban J connectivity index is 1.37. The molecule has 1 atom stereocenters. The summed E-state index contributed by atoms with van der Waals surface area (Å²) in [5.74, 6) is -0.268. The molecule has 0 unspecified atom stereocenters. The quantitative estimate of drug-likeness (QED) is 0.172. The van der Waals surface area contributed by atoms with Crippen LogP contribution in [0.15, 0.2) is 57.9 Å². The number of carbonyl (C=O) groups is 2. The van der Waals surface area contributed by atoms with Gasteiger partial charge in [0.1, 0.15) is 23.1 Å². The molecule has 0 saturated carbocycles. The second kappa shape index (κ2) is 12.4. The van der Waals surface area contributed by atoms with Crippen molar-refractivity contribution in [1.82, 2.24) is 15.5 Å². The first-order chi connectivity index (χ1) is 19.1. The molecule has 0 spiro atoms. The third-order valence-corrected chi connectivity index (χ3v) is 6.09. The van der Waals surface area contributed by atoms with Crippen molar-refractivity contribution >= 4 is 34.4 Å². The number of rotatable bonds is 7. The topological polar surface area (TPSA) is 132 Å². The molecule has 4 rings (SSSR count). The Bertz CT molecular complexity index is 1430. The van der Waals surface area contributed by atoms with Crippen LogP contribution in [-0.4, -0.2) is 48.2 Å². The first kappa shape index (κ1) is 28.3. The number of ether oxygens (including phenoxy) is 1. The van der Waals surface area contributed by atoms with E-state index in [0.717, 1.165) is 28.9 Å². The van der Waals surface area contributed by atoms with Gasteiger partial charge in [-0.3, -0.25) is 14.9 Å². The van der Waals surface area contributed by atoms with Crippen LogP contribution in [0.5, 0.6) is 5.75 Å². The average Bonchev–Trinajstić information content (AvgIpc) is 3.18. The van der Waals surface area contributed by atoms with Crippen molar-refractivity contribution in [3.8, 4) is 11.9 Å². The highest BCUT2D eigenvalue weighted by Crippen LogP contribution is 2.24. The van der Waals surface area contributed by atoms with Crippen LogP contribution in [0.4, 0.5) is 18.9 Å². The van der Waals surface area contributed by atoms with Gasteiger partial charge in [-0.15, -0.1) is 13.2 Å². The number of carbonyl (C=O) groups excluding carboxylic acids is 2. The number of nitrogens with zero attached hydrogens (tertiary/aromatic N) is 3. The van der Waals surface area contributed by atoms with E-state index in [0.29, 0.717) is 37.1 Å². The van der Waals surface area contributed by atoms with Gasteiger partial charge in [0.25, 0.3) is 0 Å². The Kier molecular flexibility index (Phi) is 8.78. The SMILES string of the molecule is Cc1cc2cc(NC(=N[C@H]3CCCCN(CC(=O)NCc4ccc(OC(F)(F)F)cc4)C3=O)NC#N)ccc2o1. The number of hydrogen-bond acceptors (Lipinski definition) is 6. The standard InChI is InChI=1S/C27H27F3N6O4/c1-17-12-19-13-20(7-10-23(19)39-17)34-26(33-16-31)35-22-4-2-3-11-36(25(22)38)15-24(37)32-14-18-5-8-21(9-6-18)40-27(28,29)30/h5-10,12-13,22H,2-4,11,14-15H2,1H3,(H,32,37)(H2,33,34,35)/t22-/m0/s1. The van der Waals surface area contributed by atoms with E-state index < -0.39 is 18.3 Å². The van der Waals surface area contributed by atoms with Gasteiger partial charge in [0.15, 0.2) is 6.19 Å². The van der Waals surface area contributed by atoms with E-state index in [9.17, 15) is 28.0 Å². The van der Waals surface area contributed by atoms with E-state index in [1.165, 1.54) is 17.0 Å². The van der Waals surface area contributed by atoms with Crippen molar-refractivity contribution in [2.75, 3.05) is 18.4 Å². The molecule has 3 N–H and O–H groups in total. The Morgan fingerprint density at radius 1 is 1.20 bits per heavy atom. The molecule has 0 aliphatic carbocycles. The van der Waals surface area contributed by atoms with Crippen molar-refractivity contribution in [3.63, 3.8) is 0 Å². The maximum atomic E-state index is 13.3. The summed E-state index contributed by atoms with van der Waals surface area (Å²) in [7, 11) is 0. The van der Waals surface area contributed by atoms with Crippen molar-refractivity contribution in [1.29, 1.82) is 5.26 Å². The van der Waals surface area contributed by atoms with Gasteiger partial charge < -0.3 is 24.7 Å². The number of aliphatic imine (C=N–C) groups is 1. The Hall–Kier alpha value is -4.73. The van der Waals surface area contributed by atoms with Gasteiger partial charge in [-0.1, -0.05) is 12.1 Å². The lowest BCUT2D eigenvalue weighted by molar-refractivity contribution is -0.274. The van der Waals surface area contributed by atoms with Crippen LogP contribution in [0.1, 0.15) is 30.6 Å². The van der Waals surface area contributed by atoms with Crippen molar-refractivity contribution in [2.24, 2.45) is 4.99 Å². The number of nitrogens with one attached hydrogen (secondary N) is 3. The third kappa shape index (κ3) is 7.89. The van der Waals surface area contributed by atoms with E-state index in [4.69, 9.17) is 4.42 Å². The molecule has 2 aromatic carbocycles. The van der Waals surface area contributed by atoms with Crippen LogP contribution in [0.25, 0.3) is 11.0 Å². The van der Waals surface area contributed by atoms with Crippen LogP contribution >= 0.6 is 0 Å². The van der Waals surface area contributed by atoms with Gasteiger partial charge in [-0.05, 0) is 68.1 Å². The fraction of sp³-hybridized carbons (Fsp3) is 0.333. The number of aryl methyl sites for hydroxylation is 1. The number of benzene rings is 2. The van der Waals surface area contributed by atoms with Crippen molar-refractivity contribution < 1.29 is 31.9 Å². The fourth-order valence-electron chi connectivity index (χ4n) is 4.30. The minimum atomic E-state index is -4.79. The van der Waals surface area contributed by atoms with Crippen LogP contribution in [0, 0.1) is 18.4 Å². The Morgan fingerprint density at radius 2 is 1.98 bits per heavy atom. The monoisotopic (exact) mass is 556 g/mol. The highest BCUT2D eigenvalue weighted by Gasteiger charge is 2.31. The molecule has 2 heterocycles. The van der Waals surface area contributed by atoms with Crippen molar-refractivity contribution in [2.45, 2.75) is 45.1 Å². The molecule has 40 heavy (non-hydrogen) atoms. The van der Waals surface area contributed by atoms with Crippen LogP contribution in [-0.2, 0) is 16.1 Å². The second-order valence-corrected chi connectivity index (χ2v) is 9.19. The molecule has 1 saturated heterocycles.